The average molecular weight is 266 g/mol. The van der Waals surface area contributed by atoms with Crippen molar-refractivity contribution in [2.24, 2.45) is 16.6 Å². The molecule has 0 aromatic carbocycles. The summed E-state index contributed by atoms with van der Waals surface area (Å²) in [4.78, 5) is 2.64. The van der Waals surface area contributed by atoms with Gasteiger partial charge >= 0.3 is 0 Å². The molecule has 2 aliphatic carbocycles. The molecule has 19 heavy (non-hydrogen) atoms. The Morgan fingerprint density at radius 2 is 1.53 bits per heavy atom. The van der Waals surface area contributed by atoms with E-state index in [0.717, 1.165) is 6.04 Å². The Bertz CT molecular complexity index is 298. The normalized spacial score (nSPS) is 35.5. The van der Waals surface area contributed by atoms with Gasteiger partial charge in [0.1, 0.15) is 0 Å². The molecule has 0 aliphatic heterocycles. The fraction of sp³-hybridized carbons (Fsp3) is 1.00. The highest BCUT2D eigenvalue weighted by Crippen LogP contribution is 2.40. The van der Waals surface area contributed by atoms with Crippen molar-refractivity contribution in [1.29, 1.82) is 0 Å². The Hall–Kier alpha value is -0.0800. The van der Waals surface area contributed by atoms with Gasteiger partial charge in [-0.1, -0.05) is 34.1 Å². The summed E-state index contributed by atoms with van der Waals surface area (Å²) in [6.45, 7) is 9.53. The fourth-order valence-electron chi connectivity index (χ4n) is 4.15. The largest absolute Gasteiger partial charge is 0.326 e. The lowest BCUT2D eigenvalue weighted by Crippen LogP contribution is -2.58. The van der Waals surface area contributed by atoms with E-state index in [1.54, 1.807) is 0 Å². The van der Waals surface area contributed by atoms with E-state index in [4.69, 9.17) is 5.73 Å². The van der Waals surface area contributed by atoms with Crippen molar-refractivity contribution >= 4 is 0 Å². The third-order valence-electron chi connectivity index (χ3n) is 6.05. The van der Waals surface area contributed by atoms with Gasteiger partial charge in [0.2, 0.25) is 0 Å². The number of rotatable bonds is 2. The van der Waals surface area contributed by atoms with Gasteiger partial charge in [-0.3, -0.25) is 4.90 Å². The van der Waals surface area contributed by atoms with Gasteiger partial charge in [-0.15, -0.1) is 0 Å². The molecule has 2 unspecified atom stereocenters. The van der Waals surface area contributed by atoms with E-state index in [1.165, 1.54) is 44.9 Å². The summed E-state index contributed by atoms with van der Waals surface area (Å²) in [5, 5.41) is 0. The lowest BCUT2D eigenvalue weighted by atomic mass is 9.69. The molecule has 2 atom stereocenters. The van der Waals surface area contributed by atoms with Gasteiger partial charge in [0.05, 0.1) is 0 Å². The van der Waals surface area contributed by atoms with Crippen LogP contribution in [0.1, 0.15) is 72.6 Å². The Kier molecular flexibility index (Phi) is 4.32. The van der Waals surface area contributed by atoms with E-state index in [1.807, 2.05) is 0 Å². The Morgan fingerprint density at radius 1 is 0.947 bits per heavy atom. The Labute approximate surface area is 120 Å². The summed E-state index contributed by atoms with van der Waals surface area (Å²) in [6, 6.07) is 1.69. The van der Waals surface area contributed by atoms with Crippen LogP contribution in [0.5, 0.6) is 0 Å². The SMILES string of the molecule is CN(C1CCC(C)(C)CC1)C1CCCC(C)(C)C1N. The summed E-state index contributed by atoms with van der Waals surface area (Å²) in [5.41, 5.74) is 7.45. The Balaban J connectivity index is 1.98. The molecule has 0 amide bonds. The standard InChI is InChI=1S/C17H34N2/c1-16(2)11-8-13(9-12-16)19(5)14-7-6-10-17(3,4)15(14)18/h13-15H,6-12,18H2,1-5H3. The van der Waals surface area contributed by atoms with Crippen LogP contribution in [0.4, 0.5) is 0 Å². The van der Waals surface area contributed by atoms with E-state index >= 15 is 0 Å². The minimum Gasteiger partial charge on any atom is -0.326 e. The van der Waals surface area contributed by atoms with Crippen LogP contribution in [0.15, 0.2) is 0 Å². The van der Waals surface area contributed by atoms with Crippen molar-refractivity contribution in [2.45, 2.75) is 90.8 Å². The summed E-state index contributed by atoms with van der Waals surface area (Å²) in [6.07, 6.45) is 9.37. The van der Waals surface area contributed by atoms with Gasteiger partial charge < -0.3 is 5.73 Å². The number of hydrogen-bond donors (Lipinski definition) is 1. The molecular formula is C17H34N2. The molecule has 2 fully saturated rings. The molecule has 112 valence electrons. The van der Waals surface area contributed by atoms with E-state index in [0.29, 0.717) is 22.9 Å². The van der Waals surface area contributed by atoms with E-state index in [-0.39, 0.29) is 0 Å². The van der Waals surface area contributed by atoms with Gasteiger partial charge in [0.25, 0.3) is 0 Å². The molecular weight excluding hydrogens is 232 g/mol. The molecule has 2 N–H and O–H groups in total. The van der Waals surface area contributed by atoms with Crippen LogP contribution >= 0.6 is 0 Å². The first-order chi connectivity index (χ1) is 8.73. The van der Waals surface area contributed by atoms with Crippen LogP contribution in [0.2, 0.25) is 0 Å². The maximum absolute atomic E-state index is 6.58. The summed E-state index contributed by atoms with van der Waals surface area (Å²) in [7, 11) is 2.33. The van der Waals surface area contributed by atoms with Crippen molar-refractivity contribution in [3.05, 3.63) is 0 Å². The second-order valence-corrected chi connectivity index (χ2v) is 8.53. The summed E-state index contributed by atoms with van der Waals surface area (Å²) in [5.74, 6) is 0. The van der Waals surface area contributed by atoms with Crippen LogP contribution in [0.25, 0.3) is 0 Å². The number of likely N-dealkylation sites (N-methyl/N-ethyl adjacent to an activating group) is 1. The van der Waals surface area contributed by atoms with E-state index in [2.05, 4.69) is 39.6 Å². The molecule has 0 aromatic heterocycles. The topological polar surface area (TPSA) is 29.3 Å². The smallest absolute Gasteiger partial charge is 0.0252 e. The van der Waals surface area contributed by atoms with Crippen molar-refractivity contribution < 1.29 is 0 Å². The van der Waals surface area contributed by atoms with Crippen molar-refractivity contribution in [3.63, 3.8) is 0 Å². The lowest BCUT2D eigenvalue weighted by Gasteiger charge is -2.49. The van der Waals surface area contributed by atoms with Gasteiger partial charge in [-0.05, 0) is 56.4 Å². The minimum absolute atomic E-state index is 0.311. The number of nitrogens with two attached hydrogens (primary N) is 1. The molecule has 0 radical (unpaired) electrons. The highest BCUT2D eigenvalue weighted by atomic mass is 15.2. The maximum Gasteiger partial charge on any atom is 0.0252 e. The third kappa shape index (κ3) is 3.33. The van der Waals surface area contributed by atoms with E-state index < -0.39 is 0 Å². The van der Waals surface area contributed by atoms with Crippen molar-refractivity contribution in [2.75, 3.05) is 7.05 Å². The second kappa shape index (κ2) is 5.37. The third-order valence-corrected chi connectivity index (χ3v) is 6.05. The molecule has 2 nitrogen and oxygen atoms in total. The highest BCUT2D eigenvalue weighted by Gasteiger charge is 2.40. The predicted octanol–water partition coefficient (Wildman–Crippen LogP) is 3.79. The maximum atomic E-state index is 6.58. The van der Waals surface area contributed by atoms with Gasteiger partial charge in [0, 0.05) is 18.1 Å². The minimum atomic E-state index is 0.311. The first kappa shape index (κ1) is 15.3. The zero-order valence-corrected chi connectivity index (χ0v) is 13.7. The zero-order chi connectivity index (χ0) is 14.3. The van der Waals surface area contributed by atoms with Crippen LogP contribution < -0.4 is 5.73 Å². The molecule has 0 aromatic rings. The number of nitrogens with zero attached hydrogens (tertiary/aromatic N) is 1. The first-order valence-electron chi connectivity index (χ1n) is 8.20. The first-order valence-corrected chi connectivity index (χ1v) is 8.20. The molecule has 2 rings (SSSR count). The highest BCUT2D eigenvalue weighted by molar-refractivity contribution is 4.97. The van der Waals surface area contributed by atoms with E-state index in [9.17, 15) is 0 Å². The molecule has 0 bridgehead atoms. The van der Waals surface area contributed by atoms with Gasteiger partial charge in [-0.2, -0.15) is 0 Å². The molecule has 0 heterocycles. The second-order valence-electron chi connectivity index (χ2n) is 8.53. The summed E-state index contributed by atoms with van der Waals surface area (Å²) < 4.78 is 0. The molecule has 2 heteroatoms. The lowest BCUT2D eigenvalue weighted by molar-refractivity contribution is 0.0319. The van der Waals surface area contributed by atoms with Crippen molar-refractivity contribution in [1.82, 2.24) is 4.90 Å². The molecule has 2 saturated carbocycles. The van der Waals surface area contributed by atoms with Crippen LogP contribution in [0.3, 0.4) is 0 Å². The average Bonchev–Trinajstić information content (AvgIpc) is 2.32. The monoisotopic (exact) mass is 266 g/mol. The Morgan fingerprint density at radius 3 is 2.11 bits per heavy atom. The van der Waals surface area contributed by atoms with Gasteiger partial charge in [0.15, 0.2) is 0 Å². The molecule has 0 saturated heterocycles. The van der Waals surface area contributed by atoms with Crippen molar-refractivity contribution in [3.8, 4) is 0 Å². The van der Waals surface area contributed by atoms with Crippen LogP contribution in [-0.2, 0) is 0 Å². The number of hydrogen-bond acceptors (Lipinski definition) is 2. The molecule has 2 aliphatic rings. The summed E-state index contributed by atoms with van der Waals surface area (Å²) >= 11 is 0. The quantitative estimate of drug-likeness (QED) is 0.824. The van der Waals surface area contributed by atoms with Crippen LogP contribution in [0, 0.1) is 10.8 Å². The fourth-order valence-corrected chi connectivity index (χ4v) is 4.15. The molecule has 0 spiro atoms. The zero-order valence-electron chi connectivity index (χ0n) is 13.7. The predicted molar refractivity (Wildman–Crippen MR) is 83.2 cm³/mol. The van der Waals surface area contributed by atoms with Gasteiger partial charge in [-0.25, -0.2) is 0 Å². The van der Waals surface area contributed by atoms with Crippen LogP contribution in [-0.4, -0.2) is 30.1 Å².